The standard InChI is InChI=1S/C24H23F3N2O3S2/c1-32-19-11-9-16(10-12-19)14-20-22(31)29(23(33)34-20)13-4-2-3-8-21(30)28-18-7-5-6-17(15-18)24(25,26)27/h5-7,9-12,14-15H,2-4,8,13H2,1H3,(H,28,30)/b20-14-. The molecule has 2 amide bonds. The maximum atomic E-state index is 12.8. The van der Waals surface area contributed by atoms with Gasteiger partial charge in [-0.3, -0.25) is 14.5 Å². The predicted octanol–water partition coefficient (Wildman–Crippen LogP) is 6.11. The van der Waals surface area contributed by atoms with Crippen LogP contribution in [0.5, 0.6) is 5.75 Å². The van der Waals surface area contributed by atoms with Gasteiger partial charge in [-0.25, -0.2) is 0 Å². The van der Waals surface area contributed by atoms with Crippen LogP contribution in [0.3, 0.4) is 0 Å². The van der Waals surface area contributed by atoms with E-state index in [0.29, 0.717) is 35.0 Å². The van der Waals surface area contributed by atoms with Crippen molar-refractivity contribution >= 4 is 51.9 Å². The number of hydrogen-bond acceptors (Lipinski definition) is 5. The summed E-state index contributed by atoms with van der Waals surface area (Å²) >= 11 is 6.60. The smallest absolute Gasteiger partial charge is 0.416 e. The van der Waals surface area contributed by atoms with Gasteiger partial charge < -0.3 is 10.1 Å². The summed E-state index contributed by atoms with van der Waals surface area (Å²) in [4.78, 5) is 26.9. The van der Waals surface area contributed by atoms with Crippen molar-refractivity contribution in [2.45, 2.75) is 31.9 Å². The summed E-state index contributed by atoms with van der Waals surface area (Å²) in [5, 5.41) is 2.49. The molecule has 1 aliphatic rings. The summed E-state index contributed by atoms with van der Waals surface area (Å²) in [5.41, 5.74) is 0.170. The van der Waals surface area contributed by atoms with Gasteiger partial charge >= 0.3 is 6.18 Å². The fourth-order valence-electron chi connectivity index (χ4n) is 3.27. The van der Waals surface area contributed by atoms with E-state index in [0.717, 1.165) is 23.4 Å². The molecule has 0 aliphatic carbocycles. The molecule has 0 bridgehead atoms. The van der Waals surface area contributed by atoms with Gasteiger partial charge in [0.25, 0.3) is 5.91 Å². The van der Waals surface area contributed by atoms with Crippen molar-refractivity contribution < 1.29 is 27.5 Å². The molecule has 1 aliphatic heterocycles. The van der Waals surface area contributed by atoms with Crippen LogP contribution in [0.1, 0.15) is 36.8 Å². The number of nitrogens with zero attached hydrogens (tertiary/aromatic N) is 1. The van der Waals surface area contributed by atoms with Crippen molar-refractivity contribution in [1.82, 2.24) is 4.90 Å². The van der Waals surface area contributed by atoms with Crippen LogP contribution >= 0.6 is 24.0 Å². The number of halogens is 3. The summed E-state index contributed by atoms with van der Waals surface area (Å²) in [7, 11) is 1.59. The summed E-state index contributed by atoms with van der Waals surface area (Å²) < 4.78 is 44.0. The van der Waals surface area contributed by atoms with Crippen LogP contribution in [0, 0.1) is 0 Å². The van der Waals surface area contributed by atoms with E-state index in [1.54, 1.807) is 18.1 Å². The van der Waals surface area contributed by atoms with E-state index in [9.17, 15) is 22.8 Å². The van der Waals surface area contributed by atoms with Crippen molar-refractivity contribution in [1.29, 1.82) is 0 Å². The maximum absolute atomic E-state index is 12.8. The van der Waals surface area contributed by atoms with E-state index in [1.807, 2.05) is 24.3 Å². The van der Waals surface area contributed by atoms with Crippen molar-refractivity contribution in [2.75, 3.05) is 19.0 Å². The number of ether oxygens (including phenoxy) is 1. The van der Waals surface area contributed by atoms with Crippen molar-refractivity contribution in [3.8, 4) is 5.75 Å². The van der Waals surface area contributed by atoms with Gasteiger partial charge in [-0.15, -0.1) is 0 Å². The molecule has 1 fully saturated rings. The molecule has 5 nitrogen and oxygen atoms in total. The van der Waals surface area contributed by atoms with E-state index in [-0.39, 0.29) is 23.9 Å². The fourth-order valence-corrected chi connectivity index (χ4v) is 4.58. The monoisotopic (exact) mass is 508 g/mol. The SMILES string of the molecule is COc1ccc(/C=C2\SC(=S)N(CCCCCC(=O)Nc3cccc(C(F)(F)F)c3)C2=O)cc1. The number of unbranched alkanes of at least 4 members (excludes halogenated alkanes) is 2. The number of benzene rings is 2. The highest BCUT2D eigenvalue weighted by atomic mass is 32.2. The molecule has 0 radical (unpaired) electrons. The van der Waals surface area contributed by atoms with Crippen LogP contribution in [0.25, 0.3) is 6.08 Å². The third-order valence-corrected chi connectivity index (χ3v) is 6.42. The lowest BCUT2D eigenvalue weighted by atomic mass is 10.1. The topological polar surface area (TPSA) is 58.6 Å². The molecule has 0 spiro atoms. The molecule has 1 N–H and O–H groups in total. The first-order valence-corrected chi connectivity index (χ1v) is 11.8. The largest absolute Gasteiger partial charge is 0.497 e. The molecule has 2 aromatic rings. The number of rotatable bonds is 9. The van der Waals surface area contributed by atoms with Crippen molar-refractivity contribution in [3.63, 3.8) is 0 Å². The number of carbonyl (C=O) groups is 2. The minimum absolute atomic E-state index is 0.112. The van der Waals surface area contributed by atoms with Gasteiger partial charge in [0.05, 0.1) is 17.6 Å². The van der Waals surface area contributed by atoms with Gasteiger partial charge in [0.2, 0.25) is 5.91 Å². The Kier molecular flexibility index (Phi) is 8.73. The summed E-state index contributed by atoms with van der Waals surface area (Å²) in [6.45, 7) is 0.444. The Bertz CT molecular complexity index is 1090. The van der Waals surface area contributed by atoms with E-state index in [2.05, 4.69) is 5.32 Å². The summed E-state index contributed by atoms with van der Waals surface area (Å²) in [6, 6.07) is 11.9. The first-order valence-electron chi connectivity index (χ1n) is 10.5. The highest BCUT2D eigenvalue weighted by Gasteiger charge is 2.32. The number of carbonyl (C=O) groups excluding carboxylic acids is 2. The Balaban J connectivity index is 1.42. The zero-order valence-corrected chi connectivity index (χ0v) is 20.0. The van der Waals surface area contributed by atoms with E-state index >= 15 is 0 Å². The first-order chi connectivity index (χ1) is 16.2. The Labute approximate surface area is 205 Å². The minimum atomic E-state index is -4.46. The number of alkyl halides is 3. The van der Waals surface area contributed by atoms with Crippen molar-refractivity contribution in [2.24, 2.45) is 0 Å². The molecular formula is C24H23F3N2O3S2. The number of thioether (sulfide) groups is 1. The third-order valence-electron chi connectivity index (χ3n) is 5.05. The number of thiocarbonyl (C=S) groups is 1. The summed E-state index contributed by atoms with van der Waals surface area (Å²) in [5.74, 6) is 0.230. The number of hydrogen-bond donors (Lipinski definition) is 1. The number of methoxy groups -OCH3 is 1. The highest BCUT2D eigenvalue weighted by Crippen LogP contribution is 2.33. The number of nitrogens with one attached hydrogen (secondary N) is 1. The van der Waals surface area contributed by atoms with Crippen LogP contribution in [0.2, 0.25) is 0 Å². The van der Waals surface area contributed by atoms with Crippen LogP contribution < -0.4 is 10.1 Å². The lowest BCUT2D eigenvalue weighted by molar-refractivity contribution is -0.137. The van der Waals surface area contributed by atoms with Crippen LogP contribution in [-0.4, -0.2) is 34.7 Å². The predicted molar refractivity (Wildman–Crippen MR) is 131 cm³/mol. The lowest BCUT2D eigenvalue weighted by Crippen LogP contribution is -2.29. The van der Waals surface area contributed by atoms with Crippen LogP contribution in [0.4, 0.5) is 18.9 Å². The lowest BCUT2D eigenvalue weighted by Gasteiger charge is -2.14. The third kappa shape index (κ3) is 7.07. The Morgan fingerprint density at radius 1 is 1.15 bits per heavy atom. The second-order valence-corrected chi connectivity index (χ2v) is 9.22. The van der Waals surface area contributed by atoms with Gasteiger partial charge in [-0.05, 0) is 54.8 Å². The van der Waals surface area contributed by atoms with Gasteiger partial charge in [0, 0.05) is 18.7 Å². The van der Waals surface area contributed by atoms with Gasteiger partial charge in [0.15, 0.2) is 0 Å². The Morgan fingerprint density at radius 2 is 1.88 bits per heavy atom. The molecule has 0 unspecified atom stereocenters. The zero-order valence-electron chi connectivity index (χ0n) is 18.4. The number of anilines is 1. The molecule has 1 heterocycles. The molecule has 180 valence electrons. The van der Waals surface area contributed by atoms with E-state index < -0.39 is 11.7 Å². The first kappa shape index (κ1) is 25.8. The molecule has 1 saturated heterocycles. The fraction of sp³-hybridized carbons (Fsp3) is 0.292. The molecule has 0 saturated carbocycles. The molecular weight excluding hydrogens is 485 g/mol. The highest BCUT2D eigenvalue weighted by molar-refractivity contribution is 8.26. The average molecular weight is 509 g/mol. The van der Waals surface area contributed by atoms with Crippen molar-refractivity contribution in [3.05, 3.63) is 64.6 Å². The second kappa shape index (κ2) is 11.5. The Morgan fingerprint density at radius 3 is 2.56 bits per heavy atom. The minimum Gasteiger partial charge on any atom is -0.497 e. The molecule has 0 aromatic heterocycles. The van der Waals surface area contributed by atoms with E-state index in [1.165, 1.54) is 23.9 Å². The molecule has 10 heteroatoms. The molecule has 34 heavy (non-hydrogen) atoms. The Hall–Kier alpha value is -2.85. The van der Waals surface area contributed by atoms with Crippen LogP contribution in [0.15, 0.2) is 53.4 Å². The van der Waals surface area contributed by atoms with Gasteiger partial charge in [-0.2, -0.15) is 13.2 Å². The molecule has 0 atom stereocenters. The quantitative estimate of drug-likeness (QED) is 0.251. The summed E-state index contributed by atoms with van der Waals surface area (Å²) in [6.07, 6.45) is -0.635. The van der Waals surface area contributed by atoms with Gasteiger partial charge in [-0.1, -0.05) is 48.6 Å². The second-order valence-electron chi connectivity index (χ2n) is 7.54. The van der Waals surface area contributed by atoms with E-state index in [4.69, 9.17) is 17.0 Å². The zero-order chi connectivity index (χ0) is 24.7. The molecule has 3 rings (SSSR count). The maximum Gasteiger partial charge on any atom is 0.416 e. The van der Waals surface area contributed by atoms with Gasteiger partial charge in [0.1, 0.15) is 10.1 Å². The average Bonchev–Trinajstić information content (AvgIpc) is 3.06. The normalized spacial score (nSPS) is 15.2. The van der Waals surface area contributed by atoms with Crippen LogP contribution in [-0.2, 0) is 15.8 Å². The molecule has 2 aromatic carbocycles. The number of amides is 2.